The van der Waals surface area contributed by atoms with Crippen molar-refractivity contribution in [2.45, 2.75) is 32.2 Å². The van der Waals surface area contributed by atoms with Gasteiger partial charge in [0, 0.05) is 32.4 Å². The van der Waals surface area contributed by atoms with Crippen LogP contribution < -0.4 is 0 Å². The Bertz CT molecular complexity index is 456. The molecule has 20 heavy (non-hydrogen) atoms. The first-order valence-corrected chi connectivity index (χ1v) is 7.25. The van der Waals surface area contributed by atoms with E-state index in [1.807, 2.05) is 7.05 Å². The average Bonchev–Trinajstić information content (AvgIpc) is 2.47. The van der Waals surface area contributed by atoms with Crippen LogP contribution in [-0.4, -0.2) is 58.5 Å². The molecule has 2 heterocycles. The van der Waals surface area contributed by atoms with Crippen LogP contribution in [-0.2, 0) is 0 Å². The normalized spacial score (nSPS) is 17.1. The van der Waals surface area contributed by atoms with Crippen LogP contribution in [0.4, 0.5) is 0 Å². The molecule has 0 unspecified atom stereocenters. The minimum atomic E-state index is -0.0673. The summed E-state index contributed by atoms with van der Waals surface area (Å²) >= 11 is 0. The second kappa shape index (κ2) is 6.70. The van der Waals surface area contributed by atoms with Crippen molar-refractivity contribution in [3.8, 4) is 5.75 Å². The molecule has 110 valence electrons. The highest BCUT2D eigenvalue weighted by molar-refractivity contribution is 5.94. The lowest BCUT2D eigenvalue weighted by molar-refractivity contribution is 0.0642. The molecule has 0 aliphatic carbocycles. The number of hydrogen-bond acceptors (Lipinski definition) is 4. The van der Waals surface area contributed by atoms with Gasteiger partial charge in [0.25, 0.3) is 5.91 Å². The van der Waals surface area contributed by atoms with Gasteiger partial charge >= 0.3 is 0 Å². The third kappa shape index (κ3) is 3.48. The van der Waals surface area contributed by atoms with Gasteiger partial charge in [-0.15, -0.1) is 0 Å². The molecule has 1 N–H and O–H groups in total. The van der Waals surface area contributed by atoms with Crippen LogP contribution in [0, 0.1) is 0 Å². The number of carbonyl (C=O) groups is 1. The van der Waals surface area contributed by atoms with Gasteiger partial charge in [0.2, 0.25) is 0 Å². The first-order chi connectivity index (χ1) is 9.61. The van der Waals surface area contributed by atoms with Gasteiger partial charge in [0.1, 0.15) is 5.75 Å². The lowest BCUT2D eigenvalue weighted by Gasteiger charge is -2.36. The van der Waals surface area contributed by atoms with E-state index in [-0.39, 0.29) is 17.7 Å². The number of carbonyl (C=O) groups excluding carboxylic acids is 1. The maximum atomic E-state index is 12.4. The van der Waals surface area contributed by atoms with Crippen molar-refractivity contribution < 1.29 is 9.90 Å². The number of rotatable bonds is 4. The summed E-state index contributed by atoms with van der Waals surface area (Å²) in [5, 5.41) is 9.41. The number of hydrogen-bond donors (Lipinski definition) is 1. The van der Waals surface area contributed by atoms with Gasteiger partial charge < -0.3 is 14.9 Å². The zero-order chi connectivity index (χ0) is 14.5. The standard InChI is InChI=1S/C15H23N3O2/c1-3-6-18-7-4-13(5-8-18)17(2)15(20)12-9-14(19)11-16-10-12/h9-11,13,19H,3-8H2,1-2H3. The SMILES string of the molecule is CCCN1CCC(N(C)C(=O)c2cncc(O)c2)CC1. The Hall–Kier alpha value is -1.62. The van der Waals surface area contributed by atoms with E-state index in [1.165, 1.54) is 24.9 Å². The van der Waals surface area contributed by atoms with Crippen molar-refractivity contribution in [3.63, 3.8) is 0 Å². The molecule has 0 saturated carbocycles. The summed E-state index contributed by atoms with van der Waals surface area (Å²) < 4.78 is 0. The van der Waals surface area contributed by atoms with Crippen molar-refractivity contribution in [3.05, 3.63) is 24.0 Å². The van der Waals surface area contributed by atoms with Crippen molar-refractivity contribution in [1.82, 2.24) is 14.8 Å². The molecule has 1 aliphatic rings. The van der Waals surface area contributed by atoms with Crippen LogP contribution in [0.5, 0.6) is 5.75 Å². The quantitative estimate of drug-likeness (QED) is 0.910. The Balaban J connectivity index is 1.95. The topological polar surface area (TPSA) is 56.7 Å². The fraction of sp³-hybridized carbons (Fsp3) is 0.600. The first kappa shape index (κ1) is 14.8. The Kier molecular flexibility index (Phi) is 4.95. The number of amides is 1. The summed E-state index contributed by atoms with van der Waals surface area (Å²) in [6, 6.07) is 1.75. The molecule has 1 fully saturated rings. The fourth-order valence-corrected chi connectivity index (χ4v) is 2.76. The highest BCUT2D eigenvalue weighted by Gasteiger charge is 2.25. The molecule has 0 spiro atoms. The zero-order valence-corrected chi connectivity index (χ0v) is 12.2. The van der Waals surface area contributed by atoms with Crippen LogP contribution in [0.25, 0.3) is 0 Å². The van der Waals surface area contributed by atoms with Crippen LogP contribution in [0.2, 0.25) is 0 Å². The Labute approximate surface area is 120 Å². The lowest BCUT2D eigenvalue weighted by atomic mass is 10.0. The highest BCUT2D eigenvalue weighted by atomic mass is 16.3. The summed E-state index contributed by atoms with van der Waals surface area (Å²) in [5.74, 6) is -0.0376. The minimum absolute atomic E-state index is 0.0296. The summed E-state index contributed by atoms with van der Waals surface area (Å²) in [6.07, 6.45) is 6.03. The number of nitrogens with zero attached hydrogens (tertiary/aromatic N) is 3. The van der Waals surface area contributed by atoms with E-state index >= 15 is 0 Å². The predicted molar refractivity (Wildman–Crippen MR) is 77.7 cm³/mol. The van der Waals surface area contributed by atoms with Crippen LogP contribution in [0.1, 0.15) is 36.5 Å². The smallest absolute Gasteiger partial charge is 0.255 e. The zero-order valence-electron chi connectivity index (χ0n) is 12.2. The monoisotopic (exact) mass is 277 g/mol. The maximum Gasteiger partial charge on any atom is 0.255 e. The van der Waals surface area contributed by atoms with Crippen molar-refractivity contribution in [2.24, 2.45) is 0 Å². The van der Waals surface area contributed by atoms with E-state index in [4.69, 9.17) is 0 Å². The average molecular weight is 277 g/mol. The third-order valence-electron chi connectivity index (χ3n) is 3.94. The van der Waals surface area contributed by atoms with Gasteiger partial charge in [-0.3, -0.25) is 9.78 Å². The highest BCUT2D eigenvalue weighted by Crippen LogP contribution is 2.18. The van der Waals surface area contributed by atoms with Crippen LogP contribution >= 0.6 is 0 Å². The van der Waals surface area contributed by atoms with E-state index in [1.54, 1.807) is 4.90 Å². The molecule has 0 aromatic carbocycles. The number of piperidine rings is 1. The van der Waals surface area contributed by atoms with Crippen molar-refractivity contribution in [2.75, 3.05) is 26.7 Å². The molecule has 0 atom stereocenters. The Morgan fingerprint density at radius 3 is 2.75 bits per heavy atom. The fourth-order valence-electron chi connectivity index (χ4n) is 2.76. The number of aromatic hydroxyl groups is 1. The van der Waals surface area contributed by atoms with E-state index < -0.39 is 0 Å². The van der Waals surface area contributed by atoms with Gasteiger partial charge in [-0.2, -0.15) is 0 Å². The summed E-state index contributed by atoms with van der Waals surface area (Å²) in [6.45, 7) is 5.43. The Morgan fingerprint density at radius 2 is 2.15 bits per heavy atom. The molecule has 0 bridgehead atoms. The van der Waals surface area contributed by atoms with Crippen LogP contribution in [0.15, 0.2) is 18.5 Å². The molecule has 2 rings (SSSR count). The largest absolute Gasteiger partial charge is 0.506 e. The van der Waals surface area contributed by atoms with Crippen LogP contribution in [0.3, 0.4) is 0 Å². The lowest BCUT2D eigenvalue weighted by Crippen LogP contribution is -2.45. The van der Waals surface area contributed by atoms with Gasteiger partial charge in [0.15, 0.2) is 0 Å². The molecule has 1 aromatic rings. The molecular formula is C15H23N3O2. The third-order valence-corrected chi connectivity index (χ3v) is 3.94. The molecule has 5 nitrogen and oxygen atoms in total. The van der Waals surface area contributed by atoms with Crippen molar-refractivity contribution >= 4 is 5.91 Å². The summed E-state index contributed by atoms with van der Waals surface area (Å²) in [7, 11) is 1.84. The molecule has 1 amide bonds. The van der Waals surface area contributed by atoms with Gasteiger partial charge in [-0.05, 0) is 31.9 Å². The van der Waals surface area contributed by atoms with Gasteiger partial charge in [-0.25, -0.2) is 0 Å². The predicted octanol–water partition coefficient (Wildman–Crippen LogP) is 1.73. The van der Waals surface area contributed by atoms with Crippen molar-refractivity contribution in [1.29, 1.82) is 0 Å². The minimum Gasteiger partial charge on any atom is -0.506 e. The number of likely N-dealkylation sites (tertiary alicyclic amines) is 1. The van der Waals surface area contributed by atoms with Gasteiger partial charge in [-0.1, -0.05) is 6.92 Å². The van der Waals surface area contributed by atoms with E-state index in [0.717, 1.165) is 32.5 Å². The second-order valence-corrected chi connectivity index (χ2v) is 5.42. The molecule has 1 aromatic heterocycles. The maximum absolute atomic E-state index is 12.4. The van der Waals surface area contributed by atoms with Gasteiger partial charge in [0.05, 0.1) is 11.8 Å². The molecule has 1 saturated heterocycles. The van der Waals surface area contributed by atoms with E-state index in [2.05, 4.69) is 16.8 Å². The molecular weight excluding hydrogens is 254 g/mol. The molecule has 1 aliphatic heterocycles. The molecule has 5 heteroatoms. The second-order valence-electron chi connectivity index (χ2n) is 5.42. The number of aromatic nitrogens is 1. The molecule has 0 radical (unpaired) electrons. The van der Waals surface area contributed by atoms with E-state index in [9.17, 15) is 9.90 Å². The summed E-state index contributed by atoms with van der Waals surface area (Å²) in [4.78, 5) is 20.5. The Morgan fingerprint density at radius 1 is 1.45 bits per heavy atom. The first-order valence-electron chi connectivity index (χ1n) is 7.25. The van der Waals surface area contributed by atoms with E-state index in [0.29, 0.717) is 5.56 Å². The number of pyridine rings is 1. The summed E-state index contributed by atoms with van der Waals surface area (Å²) in [5.41, 5.74) is 0.448.